The average molecular weight is 385 g/mol. The van der Waals surface area contributed by atoms with Crippen LogP contribution in [-0.2, 0) is 4.79 Å². The lowest BCUT2D eigenvalue weighted by molar-refractivity contribution is -0.119. The van der Waals surface area contributed by atoms with Gasteiger partial charge in [-0.2, -0.15) is 0 Å². The topological polar surface area (TPSA) is 99.6 Å². The van der Waals surface area contributed by atoms with Gasteiger partial charge in [0.1, 0.15) is 17.4 Å². The molecule has 2 heterocycles. The van der Waals surface area contributed by atoms with Gasteiger partial charge in [-0.05, 0) is 43.2 Å². The van der Waals surface area contributed by atoms with E-state index in [0.29, 0.717) is 11.6 Å². The van der Waals surface area contributed by atoms with Crippen LogP contribution < -0.4 is 5.32 Å². The summed E-state index contributed by atoms with van der Waals surface area (Å²) < 4.78 is 0. The van der Waals surface area contributed by atoms with Crippen molar-refractivity contribution in [1.82, 2.24) is 9.88 Å². The maximum absolute atomic E-state index is 12.8. The third-order valence-corrected chi connectivity index (χ3v) is 5.51. The average Bonchev–Trinajstić information content (AvgIpc) is 3.15. The molecule has 0 radical (unpaired) electrons. The number of aryl methyl sites for hydroxylation is 1. The maximum atomic E-state index is 12.8. The number of carboxylic acid groups (broad SMARTS) is 1. The highest BCUT2D eigenvalue weighted by Crippen LogP contribution is 2.25. The van der Waals surface area contributed by atoms with Crippen LogP contribution in [0.3, 0.4) is 0 Å². The number of nitrogens with zero attached hydrogens (tertiary/aromatic N) is 2. The van der Waals surface area contributed by atoms with Gasteiger partial charge in [-0.15, -0.1) is 11.8 Å². The maximum Gasteiger partial charge on any atom is 0.354 e. The number of benzene rings is 1. The number of carbonyl (C=O) groups is 3. The van der Waals surface area contributed by atoms with Crippen molar-refractivity contribution < 1.29 is 19.5 Å². The van der Waals surface area contributed by atoms with Gasteiger partial charge in [0.15, 0.2) is 0 Å². The van der Waals surface area contributed by atoms with Crippen LogP contribution in [0, 0.1) is 13.8 Å². The van der Waals surface area contributed by atoms with Crippen LogP contribution in [0.15, 0.2) is 36.4 Å². The molecule has 3 rings (SSSR count). The number of nitrogens with one attached hydrogen (secondary N) is 1. The molecule has 1 aliphatic heterocycles. The van der Waals surface area contributed by atoms with Gasteiger partial charge in [-0.25, -0.2) is 9.78 Å². The number of aromatic nitrogens is 1. The van der Waals surface area contributed by atoms with Crippen LogP contribution in [-0.4, -0.2) is 50.4 Å². The zero-order chi connectivity index (χ0) is 19.6. The van der Waals surface area contributed by atoms with Crippen molar-refractivity contribution in [2.45, 2.75) is 19.9 Å². The number of hydrogen-bond acceptors (Lipinski definition) is 5. The fourth-order valence-corrected chi connectivity index (χ4v) is 3.94. The van der Waals surface area contributed by atoms with Crippen LogP contribution in [0.4, 0.5) is 5.69 Å². The van der Waals surface area contributed by atoms with E-state index < -0.39 is 17.9 Å². The number of hydrogen-bond donors (Lipinski definition) is 2. The van der Waals surface area contributed by atoms with Gasteiger partial charge in [-0.1, -0.05) is 18.2 Å². The Morgan fingerprint density at radius 2 is 1.85 bits per heavy atom. The molecule has 1 aromatic heterocycles. The molecule has 1 atom stereocenters. The standard InChI is InChI=1S/C19H19N3O4S/c1-11-5-3-6-13(12(11)2)21-17(23)16-9-27-10-22(16)18(24)14-7-4-8-15(20-14)19(25)26/h3-8,16H,9-10H2,1-2H3,(H,21,23)(H,25,26). The Kier molecular flexibility index (Phi) is 5.46. The molecule has 1 saturated heterocycles. The van der Waals surface area contributed by atoms with E-state index in [1.165, 1.54) is 34.9 Å². The zero-order valence-electron chi connectivity index (χ0n) is 14.9. The van der Waals surface area contributed by atoms with Crippen LogP contribution in [0.25, 0.3) is 0 Å². The third-order valence-electron chi connectivity index (χ3n) is 4.50. The molecule has 2 amide bonds. The first-order valence-electron chi connectivity index (χ1n) is 8.34. The number of thioether (sulfide) groups is 1. The molecule has 1 unspecified atom stereocenters. The van der Waals surface area contributed by atoms with Crippen molar-refractivity contribution in [1.29, 1.82) is 0 Å². The summed E-state index contributed by atoms with van der Waals surface area (Å²) in [5, 5.41) is 12.0. The fraction of sp³-hybridized carbons (Fsp3) is 0.263. The minimum atomic E-state index is -1.20. The molecular weight excluding hydrogens is 366 g/mol. The minimum absolute atomic E-state index is 0.0157. The molecule has 7 nitrogen and oxygen atoms in total. The molecule has 140 valence electrons. The molecule has 8 heteroatoms. The fourth-order valence-electron chi connectivity index (χ4n) is 2.78. The van der Waals surface area contributed by atoms with Crippen LogP contribution in [0.1, 0.15) is 32.1 Å². The van der Waals surface area contributed by atoms with Crippen LogP contribution in [0.2, 0.25) is 0 Å². The second-order valence-electron chi connectivity index (χ2n) is 6.24. The minimum Gasteiger partial charge on any atom is -0.477 e. The summed E-state index contributed by atoms with van der Waals surface area (Å²) in [5.74, 6) is -1.10. The number of aromatic carboxylic acids is 1. The smallest absolute Gasteiger partial charge is 0.354 e. The molecule has 1 aliphatic rings. The predicted molar refractivity (Wildman–Crippen MR) is 103 cm³/mol. The molecule has 0 spiro atoms. The van der Waals surface area contributed by atoms with Gasteiger partial charge >= 0.3 is 5.97 Å². The molecule has 2 aromatic rings. The second-order valence-corrected chi connectivity index (χ2v) is 7.24. The molecule has 27 heavy (non-hydrogen) atoms. The number of anilines is 1. The summed E-state index contributed by atoms with van der Waals surface area (Å²) in [6, 6.07) is 9.27. The molecule has 0 saturated carbocycles. The Hall–Kier alpha value is -2.87. The molecule has 0 aliphatic carbocycles. The van der Waals surface area contributed by atoms with E-state index in [-0.39, 0.29) is 17.3 Å². The summed E-state index contributed by atoms with van der Waals surface area (Å²) in [4.78, 5) is 41.9. The lowest BCUT2D eigenvalue weighted by Gasteiger charge is -2.23. The normalized spacial score (nSPS) is 16.2. The van der Waals surface area contributed by atoms with E-state index in [0.717, 1.165) is 16.8 Å². The lowest BCUT2D eigenvalue weighted by atomic mass is 10.1. The van der Waals surface area contributed by atoms with Gasteiger partial charge in [0.25, 0.3) is 5.91 Å². The Morgan fingerprint density at radius 1 is 1.15 bits per heavy atom. The first-order chi connectivity index (χ1) is 12.9. The van der Waals surface area contributed by atoms with Crippen molar-refractivity contribution in [2.24, 2.45) is 0 Å². The molecule has 0 bridgehead atoms. The van der Waals surface area contributed by atoms with Crippen molar-refractivity contribution in [2.75, 3.05) is 16.9 Å². The summed E-state index contributed by atoms with van der Waals surface area (Å²) in [6.45, 7) is 3.89. The van der Waals surface area contributed by atoms with Crippen molar-refractivity contribution in [3.05, 3.63) is 58.9 Å². The van der Waals surface area contributed by atoms with Gasteiger partial charge < -0.3 is 15.3 Å². The van der Waals surface area contributed by atoms with Gasteiger partial charge in [0.2, 0.25) is 5.91 Å². The van der Waals surface area contributed by atoms with Crippen LogP contribution >= 0.6 is 11.8 Å². The Balaban J connectivity index is 1.79. The number of rotatable bonds is 4. The Bertz CT molecular complexity index is 916. The van der Waals surface area contributed by atoms with E-state index in [9.17, 15) is 14.4 Å². The highest BCUT2D eigenvalue weighted by Gasteiger charge is 2.36. The van der Waals surface area contributed by atoms with Gasteiger partial charge in [0, 0.05) is 11.4 Å². The summed E-state index contributed by atoms with van der Waals surface area (Å²) in [5.41, 5.74) is 2.57. The van der Waals surface area contributed by atoms with E-state index in [1.54, 1.807) is 0 Å². The Labute approximate surface area is 160 Å². The zero-order valence-corrected chi connectivity index (χ0v) is 15.7. The monoisotopic (exact) mass is 385 g/mol. The molecule has 1 aromatic carbocycles. The van der Waals surface area contributed by atoms with E-state index in [4.69, 9.17) is 5.11 Å². The molecule has 2 N–H and O–H groups in total. The van der Waals surface area contributed by atoms with Gasteiger partial charge in [0.05, 0.1) is 5.88 Å². The number of carbonyl (C=O) groups excluding carboxylic acids is 2. The number of amides is 2. The quantitative estimate of drug-likeness (QED) is 0.839. The van der Waals surface area contributed by atoms with Crippen molar-refractivity contribution in [3.8, 4) is 0 Å². The SMILES string of the molecule is Cc1cccc(NC(=O)C2CSCN2C(=O)c2cccc(C(=O)O)n2)c1C. The third kappa shape index (κ3) is 3.95. The highest BCUT2D eigenvalue weighted by molar-refractivity contribution is 7.99. The summed E-state index contributed by atoms with van der Waals surface area (Å²) >= 11 is 1.47. The number of pyridine rings is 1. The predicted octanol–water partition coefficient (Wildman–Crippen LogP) is 2.55. The Morgan fingerprint density at radius 3 is 2.59 bits per heavy atom. The summed E-state index contributed by atoms with van der Waals surface area (Å²) in [6.07, 6.45) is 0. The number of carboxylic acids is 1. The lowest BCUT2D eigenvalue weighted by Crippen LogP contribution is -2.45. The van der Waals surface area contributed by atoms with Crippen molar-refractivity contribution >= 4 is 35.2 Å². The second kappa shape index (κ2) is 7.79. The first-order valence-corrected chi connectivity index (χ1v) is 9.50. The first kappa shape index (κ1) is 18.9. The molecule has 1 fully saturated rings. The van der Waals surface area contributed by atoms with E-state index >= 15 is 0 Å². The van der Waals surface area contributed by atoms with Crippen LogP contribution in [0.5, 0.6) is 0 Å². The largest absolute Gasteiger partial charge is 0.477 e. The van der Waals surface area contributed by atoms with Crippen molar-refractivity contribution in [3.63, 3.8) is 0 Å². The van der Waals surface area contributed by atoms with E-state index in [2.05, 4.69) is 10.3 Å². The highest BCUT2D eigenvalue weighted by atomic mass is 32.2. The van der Waals surface area contributed by atoms with Gasteiger partial charge in [-0.3, -0.25) is 9.59 Å². The summed E-state index contributed by atoms with van der Waals surface area (Å²) in [7, 11) is 0. The van der Waals surface area contributed by atoms with E-state index in [1.807, 2.05) is 32.0 Å². The molecular formula is C19H19N3O4S.